The summed E-state index contributed by atoms with van der Waals surface area (Å²) in [6.07, 6.45) is 0. The van der Waals surface area contributed by atoms with Gasteiger partial charge in [-0.3, -0.25) is 0 Å². The largest absolute Gasteiger partial charge is 0.361 e. The molecule has 18 heavy (non-hydrogen) atoms. The monoisotopic (exact) mass is 266 g/mol. The maximum atomic E-state index is 13.6. The molecule has 0 aromatic heterocycles. The maximum Gasteiger partial charge on any atom is 0.200 e. The zero-order chi connectivity index (χ0) is 13.4. The van der Waals surface area contributed by atoms with Gasteiger partial charge in [0.1, 0.15) is 5.69 Å². The number of hydrogen-bond donors (Lipinski definition) is 1. The summed E-state index contributed by atoms with van der Waals surface area (Å²) in [5.41, 5.74) is -0.847. The number of anilines is 1. The topological polar surface area (TPSA) is 15.3 Å². The number of likely N-dealkylation sites (N-methyl/N-ethyl adjacent to an activating group) is 1. The zero-order valence-corrected chi connectivity index (χ0v) is 9.54. The first-order valence-corrected chi connectivity index (χ1v) is 5.47. The predicted molar refractivity (Wildman–Crippen MR) is 55.9 cm³/mol. The van der Waals surface area contributed by atoms with Crippen LogP contribution in [0, 0.1) is 29.1 Å². The van der Waals surface area contributed by atoms with E-state index in [0.29, 0.717) is 13.1 Å². The average molecular weight is 266 g/mol. The van der Waals surface area contributed by atoms with Crippen molar-refractivity contribution in [1.29, 1.82) is 0 Å². The number of rotatable bonds is 3. The minimum Gasteiger partial charge on any atom is -0.361 e. The average Bonchev–Trinajstić information content (AvgIpc) is 2.30. The molecule has 1 aliphatic heterocycles. The predicted octanol–water partition coefficient (Wildman–Crippen LogP) is 2.18. The van der Waals surface area contributed by atoms with E-state index < -0.39 is 34.8 Å². The smallest absolute Gasteiger partial charge is 0.200 e. The fourth-order valence-electron chi connectivity index (χ4n) is 1.94. The summed E-state index contributed by atoms with van der Waals surface area (Å²) in [6.45, 7) is 2.65. The Balaban J connectivity index is 2.55. The van der Waals surface area contributed by atoms with Gasteiger partial charge in [0.05, 0.1) is 6.04 Å². The van der Waals surface area contributed by atoms with Gasteiger partial charge in [0, 0.05) is 19.6 Å². The molecule has 7 heteroatoms. The number of hydrogen-bond acceptors (Lipinski definition) is 2. The van der Waals surface area contributed by atoms with Crippen molar-refractivity contribution >= 4 is 5.69 Å². The van der Waals surface area contributed by atoms with Crippen molar-refractivity contribution < 1.29 is 22.0 Å². The molecule has 1 saturated heterocycles. The van der Waals surface area contributed by atoms with Crippen molar-refractivity contribution in [2.24, 2.45) is 0 Å². The van der Waals surface area contributed by atoms with Gasteiger partial charge in [-0.1, -0.05) is 0 Å². The third-order valence-electron chi connectivity index (χ3n) is 3.02. The van der Waals surface area contributed by atoms with E-state index in [1.54, 1.807) is 6.92 Å². The van der Waals surface area contributed by atoms with Crippen molar-refractivity contribution in [3.05, 3.63) is 29.1 Å². The van der Waals surface area contributed by atoms with Crippen LogP contribution in [-0.2, 0) is 0 Å². The molecule has 0 spiro atoms. The first-order valence-electron chi connectivity index (χ1n) is 5.47. The Morgan fingerprint density at radius 1 is 0.944 bits per heavy atom. The lowest BCUT2D eigenvalue weighted by Crippen LogP contribution is -2.57. The standard InChI is InChI=1S/C11H11F5N2/c1-2-18(5-3-17-4-5)11-9(15)7(13)6(12)8(14)10(11)16/h5,17H,2-4H2,1H3. The van der Waals surface area contributed by atoms with Gasteiger partial charge < -0.3 is 10.2 Å². The highest BCUT2D eigenvalue weighted by Crippen LogP contribution is 2.31. The molecule has 1 N–H and O–H groups in total. The van der Waals surface area contributed by atoms with Gasteiger partial charge in [-0.2, -0.15) is 0 Å². The minimum atomic E-state index is -2.13. The van der Waals surface area contributed by atoms with Crippen LogP contribution in [-0.4, -0.2) is 25.7 Å². The van der Waals surface area contributed by atoms with Crippen LogP contribution < -0.4 is 10.2 Å². The first kappa shape index (κ1) is 13.1. The van der Waals surface area contributed by atoms with E-state index in [4.69, 9.17) is 0 Å². The Morgan fingerprint density at radius 2 is 1.39 bits per heavy atom. The second kappa shape index (κ2) is 4.72. The quantitative estimate of drug-likeness (QED) is 0.512. The highest BCUT2D eigenvalue weighted by atomic mass is 19.2. The maximum absolute atomic E-state index is 13.6. The number of benzene rings is 1. The van der Waals surface area contributed by atoms with Crippen LogP contribution in [0.4, 0.5) is 27.6 Å². The molecule has 0 atom stereocenters. The molecule has 1 aliphatic rings. The van der Waals surface area contributed by atoms with Gasteiger partial charge in [-0.15, -0.1) is 0 Å². The summed E-state index contributed by atoms with van der Waals surface area (Å²) < 4.78 is 66.2. The molecule has 1 aromatic rings. The molecule has 100 valence electrons. The minimum absolute atomic E-state index is 0.157. The van der Waals surface area contributed by atoms with Gasteiger partial charge in [0.2, 0.25) is 5.82 Å². The fraction of sp³-hybridized carbons (Fsp3) is 0.455. The van der Waals surface area contributed by atoms with Crippen LogP contribution in [0.5, 0.6) is 0 Å². The van der Waals surface area contributed by atoms with Crippen LogP contribution in [0.3, 0.4) is 0 Å². The van der Waals surface area contributed by atoms with E-state index in [-0.39, 0.29) is 12.6 Å². The Bertz CT molecular complexity index is 444. The summed E-state index contributed by atoms with van der Waals surface area (Å²) in [6, 6.07) is -0.261. The summed E-state index contributed by atoms with van der Waals surface area (Å²) in [5.74, 6) is -9.50. The number of nitrogens with zero attached hydrogens (tertiary/aromatic N) is 1. The molecule has 1 fully saturated rings. The van der Waals surface area contributed by atoms with Gasteiger partial charge in [0.25, 0.3) is 0 Å². The van der Waals surface area contributed by atoms with Crippen LogP contribution in [0.1, 0.15) is 6.92 Å². The molecule has 0 saturated carbocycles. The molecule has 0 unspecified atom stereocenters. The molecular formula is C11H11F5N2. The highest BCUT2D eigenvalue weighted by molar-refractivity contribution is 5.52. The molecule has 1 aromatic carbocycles. The molecule has 0 amide bonds. The van der Waals surface area contributed by atoms with Crippen molar-refractivity contribution in [2.45, 2.75) is 13.0 Å². The first-order chi connectivity index (χ1) is 8.49. The van der Waals surface area contributed by atoms with E-state index >= 15 is 0 Å². The van der Waals surface area contributed by atoms with E-state index in [0.717, 1.165) is 0 Å². The van der Waals surface area contributed by atoms with Crippen molar-refractivity contribution in [3.8, 4) is 0 Å². The van der Waals surface area contributed by atoms with Gasteiger partial charge in [-0.05, 0) is 6.92 Å². The SMILES string of the molecule is CCN(c1c(F)c(F)c(F)c(F)c1F)C1CNC1. The van der Waals surface area contributed by atoms with Crippen LogP contribution in [0.25, 0.3) is 0 Å². The number of halogens is 5. The Morgan fingerprint density at radius 3 is 1.72 bits per heavy atom. The Kier molecular flexibility index (Phi) is 3.43. The van der Waals surface area contributed by atoms with Crippen molar-refractivity contribution in [2.75, 3.05) is 24.5 Å². The second-order valence-electron chi connectivity index (χ2n) is 4.02. The Hall–Kier alpha value is -1.37. The van der Waals surface area contributed by atoms with Crippen LogP contribution in [0.15, 0.2) is 0 Å². The van der Waals surface area contributed by atoms with E-state index in [2.05, 4.69) is 5.32 Å². The Labute approximate surface area is 100 Å². The van der Waals surface area contributed by atoms with Gasteiger partial charge in [0.15, 0.2) is 23.3 Å². The third kappa shape index (κ3) is 1.82. The van der Waals surface area contributed by atoms with Crippen LogP contribution >= 0.6 is 0 Å². The molecule has 2 rings (SSSR count). The second-order valence-corrected chi connectivity index (χ2v) is 4.02. The fourth-order valence-corrected chi connectivity index (χ4v) is 1.94. The summed E-state index contributed by atoms with van der Waals surface area (Å²) >= 11 is 0. The van der Waals surface area contributed by atoms with E-state index in [1.165, 1.54) is 4.90 Å². The van der Waals surface area contributed by atoms with Gasteiger partial charge in [-0.25, -0.2) is 22.0 Å². The van der Waals surface area contributed by atoms with Crippen molar-refractivity contribution in [1.82, 2.24) is 5.32 Å². The van der Waals surface area contributed by atoms with Gasteiger partial charge >= 0.3 is 0 Å². The van der Waals surface area contributed by atoms with Crippen molar-refractivity contribution in [3.63, 3.8) is 0 Å². The lowest BCUT2D eigenvalue weighted by Gasteiger charge is -2.39. The summed E-state index contributed by atoms with van der Waals surface area (Å²) in [5, 5.41) is 2.88. The molecule has 1 heterocycles. The van der Waals surface area contributed by atoms with Crippen LogP contribution in [0.2, 0.25) is 0 Å². The van der Waals surface area contributed by atoms with E-state index in [1.807, 2.05) is 0 Å². The number of nitrogens with one attached hydrogen (secondary N) is 1. The lowest BCUT2D eigenvalue weighted by atomic mass is 10.1. The molecular weight excluding hydrogens is 255 g/mol. The molecule has 0 bridgehead atoms. The normalized spacial score (nSPS) is 15.7. The zero-order valence-electron chi connectivity index (χ0n) is 9.54. The molecule has 0 aliphatic carbocycles. The molecule has 2 nitrogen and oxygen atoms in total. The molecule has 0 radical (unpaired) electrons. The third-order valence-corrected chi connectivity index (χ3v) is 3.02. The van der Waals surface area contributed by atoms with E-state index in [9.17, 15) is 22.0 Å². The lowest BCUT2D eigenvalue weighted by molar-refractivity contribution is 0.364. The highest BCUT2D eigenvalue weighted by Gasteiger charge is 2.33. The summed E-state index contributed by atoms with van der Waals surface area (Å²) in [7, 11) is 0. The summed E-state index contributed by atoms with van der Waals surface area (Å²) in [4.78, 5) is 1.19.